The number of aliphatic hydroxyl groups is 1. The predicted octanol–water partition coefficient (Wildman–Crippen LogP) is 2.94. The van der Waals surface area contributed by atoms with Gasteiger partial charge in [0.1, 0.15) is 12.2 Å². The van der Waals surface area contributed by atoms with Crippen LogP contribution in [0.2, 0.25) is 0 Å². The molecule has 1 amide bonds. The lowest BCUT2D eigenvalue weighted by atomic mass is 9.99. The van der Waals surface area contributed by atoms with Crippen molar-refractivity contribution in [3.05, 3.63) is 46.9 Å². The summed E-state index contributed by atoms with van der Waals surface area (Å²) in [5.74, 6) is 0.312. The monoisotopic (exact) mass is 435 g/mol. The Hall–Kier alpha value is -2.65. The van der Waals surface area contributed by atoms with E-state index in [2.05, 4.69) is 10.3 Å². The number of oxazole rings is 1. The molecular weight excluding hydrogens is 405 g/mol. The zero-order chi connectivity index (χ0) is 22.6. The minimum Gasteiger partial charge on any atom is -0.482 e. The maximum Gasteiger partial charge on any atom is 0.407 e. The molecule has 3 rings (SSSR count). The molecule has 0 unspecified atom stereocenters. The number of halogens is 1. The fourth-order valence-corrected chi connectivity index (χ4v) is 3.37. The van der Waals surface area contributed by atoms with Gasteiger partial charge >= 0.3 is 6.09 Å². The Morgan fingerprint density at radius 1 is 1.39 bits per heavy atom. The summed E-state index contributed by atoms with van der Waals surface area (Å²) in [4.78, 5) is 17.7. The van der Waals surface area contributed by atoms with Gasteiger partial charge in [0.05, 0.1) is 11.8 Å². The molecule has 0 saturated heterocycles. The summed E-state index contributed by atoms with van der Waals surface area (Å²) >= 11 is 0. The van der Waals surface area contributed by atoms with Gasteiger partial charge in [0, 0.05) is 26.2 Å². The van der Waals surface area contributed by atoms with Gasteiger partial charge in [-0.05, 0) is 57.4 Å². The second kappa shape index (κ2) is 9.65. The molecule has 2 aromatic rings. The molecule has 2 N–H and O–H groups in total. The number of fused-ring (bicyclic) bond motifs is 1. The Morgan fingerprint density at radius 3 is 2.84 bits per heavy atom. The highest BCUT2D eigenvalue weighted by molar-refractivity contribution is 5.67. The molecule has 0 aliphatic carbocycles. The van der Waals surface area contributed by atoms with E-state index in [1.165, 1.54) is 12.5 Å². The Balaban J connectivity index is 1.51. The standard InChI is InChI=1S/C22H30FN3O5/c1-14-20(30-13-25-14)12-29-19-8-15-5-6-26(10-16(15)7-18(19)23)11-17(27)9-24-21(28)31-22(2,3)4/h7-8,13,17,27H,5-6,9-12H2,1-4H3,(H,24,28)/t17-/m0/s1. The number of aliphatic hydroxyl groups excluding tert-OH is 1. The summed E-state index contributed by atoms with van der Waals surface area (Å²) in [7, 11) is 0. The van der Waals surface area contributed by atoms with Gasteiger partial charge in [-0.15, -0.1) is 0 Å². The van der Waals surface area contributed by atoms with E-state index in [-0.39, 0.29) is 18.9 Å². The summed E-state index contributed by atoms with van der Waals surface area (Å²) in [5.41, 5.74) is 2.00. The van der Waals surface area contributed by atoms with E-state index in [1.54, 1.807) is 33.8 Å². The maximum atomic E-state index is 14.5. The Bertz CT molecular complexity index is 909. The van der Waals surface area contributed by atoms with Gasteiger partial charge in [-0.25, -0.2) is 14.2 Å². The van der Waals surface area contributed by atoms with Crippen LogP contribution in [-0.4, -0.2) is 52.4 Å². The average molecular weight is 435 g/mol. The second-order valence-electron chi connectivity index (χ2n) is 8.72. The third-order valence-electron chi connectivity index (χ3n) is 4.90. The van der Waals surface area contributed by atoms with Crippen LogP contribution in [0.1, 0.15) is 43.4 Å². The summed E-state index contributed by atoms with van der Waals surface area (Å²) in [6.45, 7) is 8.92. The van der Waals surface area contributed by atoms with Crippen LogP contribution in [0.3, 0.4) is 0 Å². The molecule has 0 radical (unpaired) electrons. The first-order chi connectivity index (χ1) is 14.6. The zero-order valence-electron chi connectivity index (χ0n) is 18.4. The highest BCUT2D eigenvalue weighted by atomic mass is 19.1. The normalized spacial score (nSPS) is 15.3. The molecule has 1 aromatic carbocycles. The predicted molar refractivity (Wildman–Crippen MR) is 111 cm³/mol. The molecule has 1 aliphatic rings. The van der Waals surface area contributed by atoms with Crippen molar-refractivity contribution in [3.63, 3.8) is 0 Å². The summed E-state index contributed by atoms with van der Waals surface area (Å²) in [6, 6.07) is 3.21. The van der Waals surface area contributed by atoms with Gasteiger partial charge in [-0.1, -0.05) is 0 Å². The number of carbonyl (C=O) groups excluding carboxylic acids is 1. The van der Waals surface area contributed by atoms with Crippen molar-refractivity contribution in [3.8, 4) is 5.75 Å². The fourth-order valence-electron chi connectivity index (χ4n) is 3.37. The third-order valence-corrected chi connectivity index (χ3v) is 4.90. The van der Waals surface area contributed by atoms with Gasteiger partial charge in [0.25, 0.3) is 0 Å². The average Bonchev–Trinajstić information content (AvgIpc) is 3.08. The smallest absolute Gasteiger partial charge is 0.407 e. The number of alkyl carbamates (subject to hydrolysis) is 1. The summed E-state index contributed by atoms with van der Waals surface area (Å²) in [6.07, 6.45) is 0.723. The molecule has 1 aliphatic heterocycles. The van der Waals surface area contributed by atoms with Crippen LogP contribution in [0.4, 0.5) is 9.18 Å². The van der Waals surface area contributed by atoms with Gasteiger partial charge in [-0.2, -0.15) is 0 Å². The number of hydrogen-bond acceptors (Lipinski definition) is 7. The first-order valence-corrected chi connectivity index (χ1v) is 10.3. The number of benzene rings is 1. The van der Waals surface area contributed by atoms with Crippen molar-refractivity contribution in [1.82, 2.24) is 15.2 Å². The van der Waals surface area contributed by atoms with Gasteiger partial charge < -0.3 is 24.3 Å². The van der Waals surface area contributed by atoms with E-state index in [0.717, 1.165) is 11.1 Å². The number of hydrogen-bond donors (Lipinski definition) is 2. The van der Waals surface area contributed by atoms with Crippen LogP contribution in [-0.2, 0) is 24.3 Å². The zero-order valence-corrected chi connectivity index (χ0v) is 18.4. The number of aryl methyl sites for hydroxylation is 1. The van der Waals surface area contributed by atoms with Crippen molar-refractivity contribution in [2.45, 2.75) is 59.0 Å². The van der Waals surface area contributed by atoms with Crippen LogP contribution in [0.25, 0.3) is 0 Å². The topological polar surface area (TPSA) is 97.1 Å². The number of ether oxygens (including phenoxy) is 2. The van der Waals surface area contributed by atoms with E-state index in [1.807, 2.05) is 4.90 Å². The van der Waals surface area contributed by atoms with Crippen LogP contribution in [0.5, 0.6) is 5.75 Å². The van der Waals surface area contributed by atoms with Crippen molar-refractivity contribution in [2.24, 2.45) is 0 Å². The lowest BCUT2D eigenvalue weighted by Gasteiger charge is -2.31. The molecule has 2 heterocycles. The van der Waals surface area contributed by atoms with E-state index in [9.17, 15) is 14.3 Å². The molecule has 0 fully saturated rings. The van der Waals surface area contributed by atoms with Crippen molar-refractivity contribution < 1.29 is 28.2 Å². The van der Waals surface area contributed by atoms with E-state index < -0.39 is 23.6 Å². The Morgan fingerprint density at radius 2 is 2.16 bits per heavy atom. The molecule has 170 valence electrons. The SMILES string of the molecule is Cc1ncoc1COc1cc2c(cc1F)CN(C[C@@H](O)CNC(=O)OC(C)(C)C)CC2. The summed E-state index contributed by atoms with van der Waals surface area (Å²) < 4.78 is 30.5. The summed E-state index contributed by atoms with van der Waals surface area (Å²) in [5, 5.41) is 12.8. The second-order valence-corrected chi connectivity index (χ2v) is 8.72. The van der Waals surface area contributed by atoms with E-state index >= 15 is 0 Å². The minimum absolute atomic E-state index is 0.0838. The first kappa shape index (κ1) is 23.0. The largest absolute Gasteiger partial charge is 0.482 e. The highest BCUT2D eigenvalue weighted by Gasteiger charge is 2.22. The number of aromatic nitrogens is 1. The Labute approximate surface area is 181 Å². The lowest BCUT2D eigenvalue weighted by Crippen LogP contribution is -2.43. The minimum atomic E-state index is -0.758. The number of nitrogens with one attached hydrogen (secondary N) is 1. The highest BCUT2D eigenvalue weighted by Crippen LogP contribution is 2.28. The maximum absolute atomic E-state index is 14.5. The number of amides is 1. The molecular formula is C22H30FN3O5. The molecule has 8 nitrogen and oxygen atoms in total. The Kier molecular flexibility index (Phi) is 7.17. The molecule has 0 saturated carbocycles. The van der Waals surface area contributed by atoms with E-state index in [4.69, 9.17) is 13.9 Å². The molecule has 0 spiro atoms. The van der Waals surface area contributed by atoms with Gasteiger partial charge in [-0.3, -0.25) is 4.90 Å². The van der Waals surface area contributed by atoms with Crippen molar-refractivity contribution in [1.29, 1.82) is 0 Å². The molecule has 9 heteroatoms. The van der Waals surface area contributed by atoms with Gasteiger partial charge in [0.2, 0.25) is 0 Å². The number of nitrogens with zero attached hydrogens (tertiary/aromatic N) is 2. The number of rotatable bonds is 7. The van der Waals surface area contributed by atoms with E-state index in [0.29, 0.717) is 37.5 Å². The van der Waals surface area contributed by atoms with Crippen molar-refractivity contribution >= 4 is 6.09 Å². The number of carbonyl (C=O) groups is 1. The quantitative estimate of drug-likeness (QED) is 0.690. The lowest BCUT2D eigenvalue weighted by molar-refractivity contribution is 0.0464. The molecule has 1 aromatic heterocycles. The fraction of sp³-hybridized carbons (Fsp3) is 0.545. The molecule has 1 atom stereocenters. The first-order valence-electron chi connectivity index (χ1n) is 10.3. The third kappa shape index (κ3) is 6.67. The van der Waals surface area contributed by atoms with Gasteiger partial charge in [0.15, 0.2) is 23.7 Å². The van der Waals surface area contributed by atoms with Crippen molar-refractivity contribution in [2.75, 3.05) is 19.6 Å². The van der Waals surface area contributed by atoms with Crippen LogP contribution < -0.4 is 10.1 Å². The van der Waals surface area contributed by atoms with Crippen LogP contribution in [0, 0.1) is 12.7 Å². The van der Waals surface area contributed by atoms with Crippen LogP contribution in [0.15, 0.2) is 22.9 Å². The molecule has 0 bridgehead atoms. The molecule has 31 heavy (non-hydrogen) atoms. The number of β-amino-alcohol motifs (C(OH)–C–C–N with tert-alkyl or cyclic N) is 1. The van der Waals surface area contributed by atoms with Crippen LogP contribution >= 0.6 is 0 Å².